The van der Waals surface area contributed by atoms with Gasteiger partial charge in [0.15, 0.2) is 0 Å². The minimum Gasteiger partial charge on any atom is -0.313 e. The van der Waals surface area contributed by atoms with Crippen molar-refractivity contribution in [3.63, 3.8) is 0 Å². The molecule has 0 aromatic rings. The topological polar surface area (TPSA) is 23.5 Å². The van der Waals surface area contributed by atoms with Gasteiger partial charge in [0.1, 0.15) is 5.67 Å². The minimum atomic E-state index is -0.894. The molecule has 1 aliphatic heterocycles. The molecule has 3 saturated carbocycles. The summed E-state index contributed by atoms with van der Waals surface area (Å²) in [6.07, 6.45) is 4.37. The van der Waals surface area contributed by atoms with Crippen LogP contribution in [0.2, 0.25) is 0 Å². The molecule has 1 N–H and O–H groups in total. The van der Waals surface area contributed by atoms with Crippen molar-refractivity contribution in [1.29, 1.82) is 0 Å². The summed E-state index contributed by atoms with van der Waals surface area (Å²) >= 11 is 0. The summed E-state index contributed by atoms with van der Waals surface area (Å²) in [5, 5.41) is 11.3. The Morgan fingerprint density at radius 2 is 2.08 bits per heavy atom. The van der Waals surface area contributed by atoms with Gasteiger partial charge in [0, 0.05) is 23.9 Å². The van der Waals surface area contributed by atoms with Crippen molar-refractivity contribution < 1.29 is 9.60 Å². The van der Waals surface area contributed by atoms with Crippen LogP contribution < -0.4 is 0 Å². The highest BCUT2D eigenvalue weighted by Gasteiger charge is 2.78. The Kier molecular flexibility index (Phi) is 0.926. The molecule has 3 aliphatic carbocycles. The number of nitrogens with zero attached hydrogens (tertiary/aromatic N) is 1. The van der Waals surface area contributed by atoms with E-state index in [0.29, 0.717) is 12.3 Å². The maximum Gasteiger partial charge on any atom is 0.120 e. The van der Waals surface area contributed by atoms with E-state index < -0.39 is 5.67 Å². The van der Waals surface area contributed by atoms with Crippen molar-refractivity contribution in [2.45, 2.75) is 49.9 Å². The number of hydroxylamine groups is 2. The Bertz CT molecular complexity index is 297. The first-order chi connectivity index (χ1) is 6.15. The highest BCUT2D eigenvalue weighted by molar-refractivity contribution is 5.28. The molecule has 3 heteroatoms. The Hall–Kier alpha value is -0.150. The molecule has 13 heavy (non-hydrogen) atoms. The van der Waals surface area contributed by atoms with Crippen LogP contribution in [-0.4, -0.2) is 28.0 Å². The first-order valence-electron chi connectivity index (χ1n) is 5.31. The highest BCUT2D eigenvalue weighted by atomic mass is 19.1. The number of fused-ring (bicyclic) bond motifs is 2. The van der Waals surface area contributed by atoms with Crippen molar-refractivity contribution in [1.82, 2.24) is 5.06 Å². The van der Waals surface area contributed by atoms with Gasteiger partial charge >= 0.3 is 0 Å². The standard InChI is InChI=1S/C10H14FNO/c11-10-3-6-1-7-4-9(10,2-6)8(5-10)12(7)13/h6-8,13H,1-5H2. The number of rotatable bonds is 0. The first-order valence-corrected chi connectivity index (χ1v) is 5.31. The molecule has 5 unspecified atom stereocenters. The third-order valence-corrected chi connectivity index (χ3v) is 5.21. The lowest BCUT2D eigenvalue weighted by molar-refractivity contribution is -0.211. The summed E-state index contributed by atoms with van der Waals surface area (Å²) < 4.78 is 14.4. The van der Waals surface area contributed by atoms with E-state index in [-0.39, 0.29) is 17.5 Å². The fourth-order valence-electron chi connectivity index (χ4n) is 4.78. The summed E-state index contributed by atoms with van der Waals surface area (Å²) in [5.41, 5.74) is -1.01. The molecule has 4 rings (SSSR count). The lowest BCUT2D eigenvalue weighted by Gasteiger charge is -2.53. The summed E-state index contributed by atoms with van der Waals surface area (Å²) in [6.45, 7) is 0. The molecule has 0 radical (unpaired) electrons. The highest BCUT2D eigenvalue weighted by Crippen LogP contribution is 2.74. The Labute approximate surface area is 76.7 Å². The van der Waals surface area contributed by atoms with Gasteiger partial charge in [0.05, 0.1) is 0 Å². The summed E-state index contributed by atoms with van der Waals surface area (Å²) in [6, 6.07) is 0.443. The van der Waals surface area contributed by atoms with E-state index in [2.05, 4.69) is 0 Å². The lowest BCUT2D eigenvalue weighted by atomic mass is 9.56. The summed E-state index contributed by atoms with van der Waals surface area (Å²) in [4.78, 5) is 0. The Balaban J connectivity index is 1.89. The van der Waals surface area contributed by atoms with E-state index in [0.717, 1.165) is 25.7 Å². The van der Waals surface area contributed by atoms with E-state index in [4.69, 9.17) is 0 Å². The molecule has 4 fully saturated rings. The van der Waals surface area contributed by atoms with Gasteiger partial charge in [-0.3, -0.25) is 0 Å². The maximum absolute atomic E-state index is 14.4. The molecule has 2 nitrogen and oxygen atoms in total. The van der Waals surface area contributed by atoms with Crippen LogP contribution in [0, 0.1) is 11.3 Å². The molecule has 0 aromatic carbocycles. The Morgan fingerprint density at radius 3 is 2.92 bits per heavy atom. The van der Waals surface area contributed by atoms with E-state index in [1.807, 2.05) is 0 Å². The van der Waals surface area contributed by atoms with E-state index in [1.165, 1.54) is 5.06 Å². The normalized spacial score (nSPS) is 68.3. The van der Waals surface area contributed by atoms with Crippen LogP contribution in [0.15, 0.2) is 0 Å². The predicted molar refractivity (Wildman–Crippen MR) is 44.0 cm³/mol. The smallest absolute Gasteiger partial charge is 0.120 e. The van der Waals surface area contributed by atoms with Gasteiger partial charge in [-0.1, -0.05) is 0 Å². The van der Waals surface area contributed by atoms with Crippen LogP contribution in [0.4, 0.5) is 4.39 Å². The molecule has 1 heterocycles. The molecular weight excluding hydrogens is 169 g/mol. The van der Waals surface area contributed by atoms with Gasteiger partial charge in [-0.2, -0.15) is 5.06 Å². The van der Waals surface area contributed by atoms with Gasteiger partial charge < -0.3 is 5.21 Å². The summed E-state index contributed by atoms with van der Waals surface area (Å²) in [7, 11) is 0. The molecule has 5 atom stereocenters. The second-order valence-electron chi connectivity index (χ2n) is 5.59. The zero-order valence-electron chi connectivity index (χ0n) is 7.54. The molecule has 72 valence electrons. The van der Waals surface area contributed by atoms with Crippen molar-refractivity contribution in [3.05, 3.63) is 0 Å². The fraction of sp³-hybridized carbons (Fsp3) is 1.00. The Morgan fingerprint density at radius 1 is 1.23 bits per heavy atom. The second kappa shape index (κ2) is 1.68. The van der Waals surface area contributed by atoms with Gasteiger partial charge in [-0.15, -0.1) is 0 Å². The van der Waals surface area contributed by atoms with Gasteiger partial charge in [0.25, 0.3) is 0 Å². The minimum absolute atomic E-state index is 0.116. The zero-order chi connectivity index (χ0) is 8.84. The second-order valence-corrected chi connectivity index (χ2v) is 5.59. The quantitative estimate of drug-likeness (QED) is 0.618. The maximum atomic E-state index is 14.4. The van der Waals surface area contributed by atoms with E-state index >= 15 is 0 Å². The van der Waals surface area contributed by atoms with Crippen molar-refractivity contribution in [3.8, 4) is 0 Å². The van der Waals surface area contributed by atoms with E-state index in [9.17, 15) is 9.60 Å². The monoisotopic (exact) mass is 183 g/mol. The SMILES string of the molecule is ON1C2CC3CC4(F)CC1C4(C3)C2. The van der Waals surface area contributed by atoms with Crippen LogP contribution >= 0.6 is 0 Å². The molecule has 3 bridgehead atoms. The molecule has 1 saturated heterocycles. The fourth-order valence-corrected chi connectivity index (χ4v) is 4.78. The van der Waals surface area contributed by atoms with Gasteiger partial charge in [-0.05, 0) is 31.6 Å². The average molecular weight is 183 g/mol. The molecule has 0 aromatic heterocycles. The predicted octanol–water partition coefficient (Wildman–Crippen LogP) is 1.73. The third-order valence-electron chi connectivity index (χ3n) is 5.21. The van der Waals surface area contributed by atoms with Gasteiger partial charge in [-0.25, -0.2) is 4.39 Å². The molecule has 4 aliphatic rings. The van der Waals surface area contributed by atoms with Crippen molar-refractivity contribution in [2.75, 3.05) is 0 Å². The largest absolute Gasteiger partial charge is 0.313 e. The van der Waals surface area contributed by atoms with Crippen LogP contribution in [0.1, 0.15) is 32.1 Å². The molecular formula is C10H14FNO. The lowest BCUT2D eigenvalue weighted by Crippen LogP contribution is -2.61. The molecule has 0 amide bonds. The number of hydrogen-bond acceptors (Lipinski definition) is 2. The molecule has 1 spiro atoms. The first kappa shape index (κ1) is 7.18. The number of hydrogen-bond donors (Lipinski definition) is 1. The van der Waals surface area contributed by atoms with Crippen LogP contribution in [-0.2, 0) is 0 Å². The van der Waals surface area contributed by atoms with Crippen LogP contribution in [0.25, 0.3) is 0 Å². The zero-order valence-corrected chi connectivity index (χ0v) is 7.54. The number of alkyl halides is 1. The summed E-state index contributed by atoms with van der Waals surface area (Å²) in [5.74, 6) is 0.561. The van der Waals surface area contributed by atoms with Crippen molar-refractivity contribution >= 4 is 0 Å². The number of halogens is 1. The van der Waals surface area contributed by atoms with Gasteiger partial charge in [0.2, 0.25) is 0 Å². The van der Waals surface area contributed by atoms with E-state index in [1.54, 1.807) is 0 Å². The van der Waals surface area contributed by atoms with Crippen molar-refractivity contribution in [2.24, 2.45) is 11.3 Å². The van der Waals surface area contributed by atoms with Crippen LogP contribution in [0.3, 0.4) is 0 Å². The van der Waals surface area contributed by atoms with Crippen LogP contribution in [0.5, 0.6) is 0 Å². The average Bonchev–Trinajstić information content (AvgIpc) is 2.34. The third kappa shape index (κ3) is 0.524.